The van der Waals surface area contributed by atoms with Crippen LogP contribution in [0.4, 0.5) is 0 Å². The lowest BCUT2D eigenvalue weighted by atomic mass is 9.81. The Bertz CT molecular complexity index is 2660. The number of nitrogens with zero attached hydrogens (tertiary/aromatic N) is 4. The topological polar surface area (TPSA) is 60.9 Å². The normalized spacial score (nSPS) is 14.4. The average molecular weight is 667 g/mol. The van der Waals surface area contributed by atoms with Crippen molar-refractivity contribution in [3.8, 4) is 39.4 Å². The Morgan fingerprint density at radius 2 is 1.00 bits per heavy atom. The molecule has 0 saturated heterocycles. The molecule has 0 saturated carbocycles. The molecule has 0 amide bonds. The molecule has 246 valence electrons. The number of fused-ring (bicyclic) bond motifs is 4. The van der Waals surface area contributed by atoms with Gasteiger partial charge >= 0.3 is 0 Å². The van der Waals surface area contributed by atoms with Gasteiger partial charge in [0.1, 0.15) is 0 Å². The summed E-state index contributed by atoms with van der Waals surface area (Å²) in [4.78, 5) is 14.9. The third kappa shape index (κ3) is 5.35. The Hall–Kier alpha value is -6.70. The predicted octanol–water partition coefficient (Wildman–Crippen LogP) is 11.0. The molecular formula is C48H34N4. The molecule has 4 heteroatoms. The molecule has 0 bridgehead atoms. The predicted molar refractivity (Wildman–Crippen MR) is 214 cm³/mol. The first kappa shape index (κ1) is 31.3. The van der Waals surface area contributed by atoms with E-state index in [1.807, 2.05) is 66.7 Å². The number of amidine groups is 2. The Labute approximate surface area is 303 Å². The highest BCUT2D eigenvalue weighted by atomic mass is 15.0. The van der Waals surface area contributed by atoms with E-state index in [0.29, 0.717) is 23.8 Å². The van der Waals surface area contributed by atoms with Gasteiger partial charge in [-0.15, -0.1) is 0 Å². The quantitative estimate of drug-likeness (QED) is 0.180. The van der Waals surface area contributed by atoms with Gasteiger partial charge in [-0.1, -0.05) is 153 Å². The minimum Gasteiger partial charge on any atom is -0.260 e. The molecule has 1 aliphatic carbocycles. The summed E-state index contributed by atoms with van der Waals surface area (Å²) in [5.74, 6) is 1.35. The van der Waals surface area contributed by atoms with Crippen molar-refractivity contribution in [1.29, 1.82) is 5.26 Å². The number of benzene rings is 7. The molecular weight excluding hydrogens is 633 g/mol. The molecule has 52 heavy (non-hydrogen) atoms. The lowest BCUT2D eigenvalue weighted by Gasteiger charge is -2.22. The molecule has 0 aromatic heterocycles. The molecule has 0 fully saturated rings. The first-order chi connectivity index (χ1) is 25.5. The highest BCUT2D eigenvalue weighted by Gasteiger charge is 2.36. The minimum atomic E-state index is -0.200. The maximum Gasteiger partial charge on any atom is 0.161 e. The monoisotopic (exact) mass is 666 g/mol. The molecule has 0 radical (unpaired) electrons. The van der Waals surface area contributed by atoms with E-state index in [0.717, 1.165) is 28.0 Å². The largest absolute Gasteiger partial charge is 0.260 e. The molecule has 0 unspecified atom stereocenters. The molecule has 0 atom stereocenters. The second-order valence-electron chi connectivity index (χ2n) is 13.9. The van der Waals surface area contributed by atoms with Crippen LogP contribution in [-0.2, 0) is 5.41 Å². The zero-order valence-electron chi connectivity index (χ0n) is 29.0. The Balaban J connectivity index is 1.07. The second kappa shape index (κ2) is 12.6. The SMILES string of the molecule is CC1(C)c2cc(C#N)ccc2-c2ccc(-c3ccc(-c4ccc(C5=NC(c6ccccc6)=NC(c6ccccc6)=NC5)cc4)c4ccccc34)cc21. The molecule has 1 aliphatic heterocycles. The van der Waals surface area contributed by atoms with Gasteiger partial charge in [-0.05, 0) is 79.0 Å². The van der Waals surface area contributed by atoms with Crippen molar-refractivity contribution >= 4 is 28.2 Å². The van der Waals surface area contributed by atoms with Crippen molar-refractivity contribution < 1.29 is 0 Å². The van der Waals surface area contributed by atoms with E-state index in [-0.39, 0.29) is 5.41 Å². The van der Waals surface area contributed by atoms with E-state index in [1.54, 1.807) is 0 Å². The van der Waals surface area contributed by atoms with Gasteiger partial charge in [0, 0.05) is 16.5 Å². The minimum absolute atomic E-state index is 0.200. The van der Waals surface area contributed by atoms with Gasteiger partial charge in [0.05, 0.1) is 23.9 Å². The van der Waals surface area contributed by atoms with Crippen LogP contribution in [0.1, 0.15) is 47.2 Å². The van der Waals surface area contributed by atoms with Crippen LogP contribution in [0.2, 0.25) is 0 Å². The lowest BCUT2D eigenvalue weighted by Crippen LogP contribution is -2.15. The summed E-state index contributed by atoms with van der Waals surface area (Å²) in [5, 5.41) is 12.0. The van der Waals surface area contributed by atoms with E-state index < -0.39 is 0 Å². The van der Waals surface area contributed by atoms with E-state index in [2.05, 4.69) is 111 Å². The van der Waals surface area contributed by atoms with Crippen LogP contribution in [0.15, 0.2) is 173 Å². The van der Waals surface area contributed by atoms with Crippen LogP contribution in [-0.4, -0.2) is 23.9 Å². The third-order valence-electron chi connectivity index (χ3n) is 10.5. The Morgan fingerprint density at radius 1 is 0.481 bits per heavy atom. The van der Waals surface area contributed by atoms with Gasteiger partial charge in [0.2, 0.25) is 0 Å². The van der Waals surface area contributed by atoms with Crippen LogP contribution in [0, 0.1) is 11.3 Å². The van der Waals surface area contributed by atoms with Gasteiger partial charge in [-0.25, -0.2) is 9.98 Å². The first-order valence-corrected chi connectivity index (χ1v) is 17.6. The first-order valence-electron chi connectivity index (χ1n) is 17.6. The van der Waals surface area contributed by atoms with Crippen molar-refractivity contribution in [2.24, 2.45) is 15.0 Å². The fourth-order valence-corrected chi connectivity index (χ4v) is 7.71. The van der Waals surface area contributed by atoms with Gasteiger partial charge in [0.25, 0.3) is 0 Å². The standard InChI is InChI=1S/C48H34N4/c1-48(2)43-27-31(29-49)17-23-41(43)42-24-22-36(28-44(42)48)38-26-25-37(39-15-9-10-16-40(38)39)32-18-20-33(21-19-32)45-30-50-46(34-11-5-3-6-12-34)52-47(51-45)35-13-7-4-8-14-35/h3-28H,30H2,1-2H3. The fourth-order valence-electron chi connectivity index (χ4n) is 7.71. The smallest absolute Gasteiger partial charge is 0.161 e. The number of rotatable bonds is 5. The van der Waals surface area contributed by atoms with E-state index >= 15 is 0 Å². The van der Waals surface area contributed by atoms with Crippen molar-refractivity contribution in [3.63, 3.8) is 0 Å². The molecule has 9 rings (SSSR count). The van der Waals surface area contributed by atoms with Crippen LogP contribution >= 0.6 is 0 Å². The maximum atomic E-state index is 9.57. The van der Waals surface area contributed by atoms with Crippen LogP contribution in [0.5, 0.6) is 0 Å². The van der Waals surface area contributed by atoms with E-state index in [9.17, 15) is 5.26 Å². The number of hydrogen-bond donors (Lipinski definition) is 0. The summed E-state index contributed by atoms with van der Waals surface area (Å²) in [5.41, 5.74) is 14.0. The fraction of sp³-hybridized carbons (Fsp3) is 0.0833. The summed E-state index contributed by atoms with van der Waals surface area (Å²) in [7, 11) is 0. The summed E-state index contributed by atoms with van der Waals surface area (Å²) >= 11 is 0. The number of hydrogen-bond acceptors (Lipinski definition) is 4. The average Bonchev–Trinajstić information content (AvgIpc) is 3.31. The van der Waals surface area contributed by atoms with Gasteiger partial charge in [-0.3, -0.25) is 4.99 Å². The van der Waals surface area contributed by atoms with Crippen LogP contribution < -0.4 is 0 Å². The zero-order valence-corrected chi connectivity index (χ0v) is 29.0. The van der Waals surface area contributed by atoms with Crippen molar-refractivity contribution in [2.45, 2.75) is 19.3 Å². The molecule has 4 nitrogen and oxygen atoms in total. The molecule has 2 aliphatic rings. The molecule has 7 aromatic carbocycles. The zero-order chi connectivity index (χ0) is 35.2. The second-order valence-corrected chi connectivity index (χ2v) is 13.9. The number of aliphatic imine (C=N–C) groups is 3. The lowest BCUT2D eigenvalue weighted by molar-refractivity contribution is 0.660. The molecule has 0 N–H and O–H groups in total. The van der Waals surface area contributed by atoms with Gasteiger partial charge < -0.3 is 0 Å². The third-order valence-corrected chi connectivity index (χ3v) is 10.5. The van der Waals surface area contributed by atoms with Crippen LogP contribution in [0.3, 0.4) is 0 Å². The Morgan fingerprint density at radius 3 is 1.65 bits per heavy atom. The van der Waals surface area contributed by atoms with E-state index in [1.165, 1.54) is 49.7 Å². The molecule has 1 heterocycles. The van der Waals surface area contributed by atoms with Gasteiger partial charge in [0.15, 0.2) is 11.7 Å². The van der Waals surface area contributed by atoms with Crippen molar-refractivity contribution in [2.75, 3.05) is 6.54 Å². The van der Waals surface area contributed by atoms with Crippen LogP contribution in [0.25, 0.3) is 44.2 Å². The maximum absolute atomic E-state index is 9.57. The number of nitriles is 1. The summed E-state index contributed by atoms with van der Waals surface area (Å²) in [6.45, 7) is 4.96. The Kier molecular flexibility index (Phi) is 7.56. The van der Waals surface area contributed by atoms with Crippen molar-refractivity contribution in [1.82, 2.24) is 0 Å². The highest BCUT2D eigenvalue weighted by molar-refractivity contribution is 6.20. The van der Waals surface area contributed by atoms with Gasteiger partial charge in [-0.2, -0.15) is 5.26 Å². The van der Waals surface area contributed by atoms with Crippen molar-refractivity contribution in [3.05, 3.63) is 191 Å². The highest BCUT2D eigenvalue weighted by Crippen LogP contribution is 2.50. The molecule has 0 spiro atoms. The van der Waals surface area contributed by atoms with E-state index in [4.69, 9.17) is 15.0 Å². The summed E-state index contributed by atoms with van der Waals surface area (Å²) in [6.07, 6.45) is 0. The molecule has 7 aromatic rings. The summed E-state index contributed by atoms with van der Waals surface area (Å²) in [6, 6.07) is 57.3. The summed E-state index contributed by atoms with van der Waals surface area (Å²) < 4.78 is 0.